The van der Waals surface area contributed by atoms with Crippen molar-refractivity contribution in [2.24, 2.45) is 23.7 Å². The van der Waals surface area contributed by atoms with Crippen LogP contribution in [0.25, 0.3) is 10.9 Å². The quantitative estimate of drug-likeness (QED) is 0.470. The highest BCUT2D eigenvalue weighted by Gasteiger charge is 2.47. The Morgan fingerprint density at radius 3 is 2.50 bits per heavy atom. The fraction of sp³-hybridized carbons (Fsp3) is 0.600. The molecule has 2 heterocycles. The number of carbonyl (C=O) groups excluding carboxylic acids is 2. The van der Waals surface area contributed by atoms with Gasteiger partial charge in [0.2, 0.25) is 11.8 Å². The summed E-state index contributed by atoms with van der Waals surface area (Å²) in [6.45, 7) is 2.54. The molecule has 8 nitrogen and oxygen atoms in total. The van der Waals surface area contributed by atoms with Crippen LogP contribution >= 0.6 is 0 Å². The second kappa shape index (κ2) is 11.7. The number of rotatable bonds is 6. The number of amides is 3. The largest absolute Gasteiger partial charge is 0.465 e. The van der Waals surface area contributed by atoms with Crippen LogP contribution < -0.4 is 10.6 Å². The number of hydrogen-bond donors (Lipinski definition) is 3. The van der Waals surface area contributed by atoms with E-state index in [0.717, 1.165) is 61.5 Å². The number of nitrogens with zero attached hydrogens (tertiary/aromatic N) is 2. The molecule has 1 aliphatic heterocycles. The number of anilines is 1. The summed E-state index contributed by atoms with van der Waals surface area (Å²) >= 11 is 0. The predicted octanol–water partition coefficient (Wildman–Crippen LogP) is 5.43. The van der Waals surface area contributed by atoms with E-state index < -0.39 is 12.1 Å². The van der Waals surface area contributed by atoms with E-state index in [1.54, 1.807) is 6.20 Å². The molecule has 0 radical (unpaired) electrons. The van der Waals surface area contributed by atoms with Crippen LogP contribution in [0.1, 0.15) is 71.1 Å². The summed E-state index contributed by atoms with van der Waals surface area (Å²) in [5.41, 5.74) is 1.62. The number of benzene rings is 1. The topological polar surface area (TPSA) is 112 Å². The minimum absolute atomic E-state index is 0.0809. The molecule has 3 N–H and O–H groups in total. The first-order valence-electron chi connectivity index (χ1n) is 14.4. The third-order valence-electron chi connectivity index (χ3n) is 9.30. The highest BCUT2D eigenvalue weighted by atomic mass is 16.4. The Balaban J connectivity index is 1.31. The van der Waals surface area contributed by atoms with Crippen molar-refractivity contribution < 1.29 is 19.5 Å². The third kappa shape index (κ3) is 5.79. The zero-order chi connectivity index (χ0) is 26.6. The van der Waals surface area contributed by atoms with E-state index in [4.69, 9.17) is 5.11 Å². The van der Waals surface area contributed by atoms with Crippen molar-refractivity contribution in [3.8, 4) is 0 Å². The van der Waals surface area contributed by atoms with Gasteiger partial charge in [-0.1, -0.05) is 38.2 Å². The second-order valence-corrected chi connectivity index (χ2v) is 11.6. The Hall–Kier alpha value is -3.16. The smallest absolute Gasteiger partial charge is 0.404 e. The molecule has 0 spiro atoms. The molecule has 2 aliphatic carbocycles. The van der Waals surface area contributed by atoms with Gasteiger partial charge in [0.1, 0.15) is 6.04 Å². The monoisotopic (exact) mass is 520 g/mol. The number of hydrogen-bond acceptors (Lipinski definition) is 4. The Morgan fingerprint density at radius 2 is 1.76 bits per heavy atom. The lowest BCUT2D eigenvalue weighted by Gasteiger charge is -2.37. The molecular formula is C30H40N4O4. The van der Waals surface area contributed by atoms with Gasteiger partial charge in [-0.25, -0.2) is 4.79 Å². The maximum atomic E-state index is 13.9. The minimum Gasteiger partial charge on any atom is -0.465 e. The van der Waals surface area contributed by atoms with Gasteiger partial charge in [-0.15, -0.1) is 0 Å². The van der Waals surface area contributed by atoms with Crippen LogP contribution in [-0.2, 0) is 9.59 Å². The first kappa shape index (κ1) is 26.4. The summed E-state index contributed by atoms with van der Waals surface area (Å²) in [5.74, 6) is 0.834. The SMILES string of the molecule is CC(NC(=O)O)[C@H]1CC[C@H](C(=O)N2CC[C@H](C3CCCCC3)[C@H]2C(=O)Nc2ccc3ncccc3c2)CC1. The van der Waals surface area contributed by atoms with Crippen molar-refractivity contribution in [3.63, 3.8) is 0 Å². The van der Waals surface area contributed by atoms with Gasteiger partial charge in [0.15, 0.2) is 0 Å². The molecule has 8 heteroatoms. The maximum Gasteiger partial charge on any atom is 0.404 e. The van der Waals surface area contributed by atoms with Gasteiger partial charge >= 0.3 is 6.09 Å². The highest BCUT2D eigenvalue weighted by molar-refractivity contribution is 5.99. The molecule has 3 fully saturated rings. The van der Waals surface area contributed by atoms with Gasteiger partial charge in [0, 0.05) is 35.8 Å². The Kier molecular flexibility index (Phi) is 8.15. The van der Waals surface area contributed by atoms with E-state index in [2.05, 4.69) is 15.6 Å². The Bertz CT molecular complexity index is 1160. The molecule has 5 rings (SSSR count). The van der Waals surface area contributed by atoms with E-state index in [1.165, 1.54) is 19.3 Å². The van der Waals surface area contributed by atoms with E-state index in [-0.39, 0.29) is 35.6 Å². The van der Waals surface area contributed by atoms with Crippen LogP contribution in [0.15, 0.2) is 36.5 Å². The molecule has 1 aromatic heterocycles. The number of carboxylic acid groups (broad SMARTS) is 1. The summed E-state index contributed by atoms with van der Waals surface area (Å²) in [5, 5.41) is 15.7. The van der Waals surface area contributed by atoms with E-state index in [1.807, 2.05) is 42.2 Å². The normalized spacial score (nSPS) is 27.1. The molecule has 0 bridgehead atoms. The predicted molar refractivity (Wildman–Crippen MR) is 147 cm³/mol. The number of pyridine rings is 1. The van der Waals surface area contributed by atoms with Crippen LogP contribution in [0.2, 0.25) is 0 Å². The van der Waals surface area contributed by atoms with Crippen molar-refractivity contribution in [2.75, 3.05) is 11.9 Å². The number of fused-ring (bicyclic) bond motifs is 1. The number of aromatic nitrogens is 1. The van der Waals surface area contributed by atoms with Gasteiger partial charge in [-0.3, -0.25) is 14.6 Å². The van der Waals surface area contributed by atoms with Crippen LogP contribution in [0, 0.1) is 23.7 Å². The highest BCUT2D eigenvalue weighted by Crippen LogP contribution is 2.41. The summed E-state index contributed by atoms with van der Waals surface area (Å²) in [4.78, 5) is 45.0. The molecule has 2 aromatic rings. The minimum atomic E-state index is -1.00. The van der Waals surface area contributed by atoms with Gasteiger partial charge in [-0.2, -0.15) is 0 Å². The molecule has 1 unspecified atom stereocenters. The number of nitrogens with one attached hydrogen (secondary N) is 2. The summed E-state index contributed by atoms with van der Waals surface area (Å²) in [6, 6.07) is 9.05. The van der Waals surface area contributed by atoms with E-state index >= 15 is 0 Å². The third-order valence-corrected chi connectivity index (χ3v) is 9.30. The van der Waals surface area contributed by atoms with E-state index in [9.17, 15) is 14.4 Å². The van der Waals surface area contributed by atoms with Gasteiger partial charge in [0.25, 0.3) is 0 Å². The molecule has 1 aromatic carbocycles. The summed E-state index contributed by atoms with van der Waals surface area (Å²) in [6.07, 6.45) is 10.7. The average Bonchev–Trinajstić information content (AvgIpc) is 3.38. The average molecular weight is 521 g/mol. The molecular weight excluding hydrogens is 480 g/mol. The standard InChI is InChI=1S/C30H40N4O4/c1-19(32-30(37)38)20-9-11-22(12-10-20)29(36)34-17-15-25(21-6-3-2-4-7-21)27(34)28(35)33-24-13-14-26-23(18-24)8-5-16-31-26/h5,8,13-14,16,18-22,25,27,32H,2-4,6-7,9-12,15,17H2,1H3,(H,33,35)(H,37,38)/t19?,20-,22-,25-,27+/m1/s1. The molecule has 3 aliphatic rings. The molecule has 2 saturated carbocycles. The lowest BCUT2D eigenvalue weighted by molar-refractivity contribution is -0.142. The van der Waals surface area contributed by atoms with Gasteiger partial charge in [0.05, 0.1) is 5.52 Å². The first-order valence-corrected chi connectivity index (χ1v) is 14.4. The molecule has 3 amide bonds. The fourth-order valence-corrected chi connectivity index (χ4v) is 7.24. The number of likely N-dealkylation sites (tertiary alicyclic amines) is 1. The van der Waals surface area contributed by atoms with Crippen molar-refractivity contribution in [3.05, 3.63) is 36.5 Å². The zero-order valence-electron chi connectivity index (χ0n) is 22.3. The van der Waals surface area contributed by atoms with Gasteiger partial charge in [-0.05, 0) is 81.0 Å². The van der Waals surface area contributed by atoms with Gasteiger partial charge < -0.3 is 20.6 Å². The van der Waals surface area contributed by atoms with Crippen LogP contribution in [0.4, 0.5) is 10.5 Å². The lowest BCUT2D eigenvalue weighted by Crippen LogP contribution is -2.50. The first-order chi connectivity index (χ1) is 18.4. The maximum absolute atomic E-state index is 13.9. The fourth-order valence-electron chi connectivity index (χ4n) is 7.24. The van der Waals surface area contributed by atoms with Crippen molar-refractivity contribution in [1.82, 2.24) is 15.2 Å². The zero-order valence-corrected chi connectivity index (χ0v) is 22.3. The van der Waals surface area contributed by atoms with Crippen LogP contribution in [-0.4, -0.2) is 51.5 Å². The van der Waals surface area contributed by atoms with Crippen molar-refractivity contribution >= 4 is 34.5 Å². The van der Waals surface area contributed by atoms with Crippen LogP contribution in [0.5, 0.6) is 0 Å². The van der Waals surface area contributed by atoms with E-state index in [0.29, 0.717) is 12.5 Å². The lowest BCUT2D eigenvalue weighted by atomic mass is 9.76. The summed E-state index contributed by atoms with van der Waals surface area (Å²) < 4.78 is 0. The van der Waals surface area contributed by atoms with Crippen molar-refractivity contribution in [2.45, 2.75) is 83.2 Å². The number of carbonyl (C=O) groups is 3. The van der Waals surface area contributed by atoms with Crippen LogP contribution in [0.3, 0.4) is 0 Å². The molecule has 3 atom stereocenters. The summed E-state index contributed by atoms with van der Waals surface area (Å²) in [7, 11) is 0. The Labute approximate surface area is 224 Å². The molecule has 1 saturated heterocycles. The van der Waals surface area contributed by atoms with Crippen molar-refractivity contribution in [1.29, 1.82) is 0 Å². The second-order valence-electron chi connectivity index (χ2n) is 11.6. The molecule has 38 heavy (non-hydrogen) atoms. The molecule has 204 valence electrons. The Morgan fingerprint density at radius 1 is 1.00 bits per heavy atom.